The van der Waals surface area contributed by atoms with Gasteiger partial charge in [0.05, 0.1) is 7.11 Å². The summed E-state index contributed by atoms with van der Waals surface area (Å²) in [6, 6.07) is 6.00. The average molecular weight is 226 g/mol. The van der Waals surface area contributed by atoms with Gasteiger partial charge in [-0.25, -0.2) is 0 Å². The molecule has 14 heavy (non-hydrogen) atoms. The highest BCUT2D eigenvalue weighted by atomic mass is 32.1. The molecule has 1 aromatic carbocycles. The van der Waals surface area contributed by atoms with Gasteiger partial charge >= 0.3 is 0 Å². The second kappa shape index (κ2) is 4.80. The van der Waals surface area contributed by atoms with Crippen LogP contribution in [0.3, 0.4) is 0 Å². The molecule has 0 radical (unpaired) electrons. The Morgan fingerprint density at radius 3 is 2.43 bits per heavy atom. The summed E-state index contributed by atoms with van der Waals surface area (Å²) >= 11 is 8.68. The predicted octanol–water partition coefficient (Wildman–Crippen LogP) is 3.55. The van der Waals surface area contributed by atoms with E-state index in [0.717, 1.165) is 21.1 Å². The second-order valence-electron chi connectivity index (χ2n) is 3.14. The van der Waals surface area contributed by atoms with Crippen LogP contribution in [-0.4, -0.2) is 7.11 Å². The van der Waals surface area contributed by atoms with E-state index in [4.69, 9.17) is 4.74 Å². The fourth-order valence-electron chi connectivity index (χ4n) is 1.20. The molecule has 0 aliphatic carbocycles. The minimum absolute atomic E-state index is 0.828. The highest BCUT2D eigenvalue weighted by Crippen LogP contribution is 2.32. The van der Waals surface area contributed by atoms with Crippen LogP contribution in [0.2, 0.25) is 0 Å². The van der Waals surface area contributed by atoms with Crippen LogP contribution >= 0.6 is 25.3 Å². The van der Waals surface area contributed by atoms with Crippen molar-refractivity contribution in [3.63, 3.8) is 0 Å². The van der Waals surface area contributed by atoms with Gasteiger partial charge in [-0.15, -0.1) is 25.3 Å². The summed E-state index contributed by atoms with van der Waals surface area (Å²) in [7, 11) is 1.66. The molecule has 0 aliphatic rings. The zero-order valence-corrected chi connectivity index (χ0v) is 10.3. The number of rotatable bonds is 2. The van der Waals surface area contributed by atoms with E-state index in [9.17, 15) is 0 Å². The van der Waals surface area contributed by atoms with E-state index in [0.29, 0.717) is 0 Å². The Kier molecular flexibility index (Phi) is 3.96. The third-order valence-corrected chi connectivity index (χ3v) is 2.93. The molecule has 0 N–H and O–H groups in total. The third-order valence-electron chi connectivity index (χ3n) is 1.95. The Bertz CT molecular complexity index is 366. The first-order valence-corrected chi connectivity index (χ1v) is 5.19. The van der Waals surface area contributed by atoms with Gasteiger partial charge in [0.1, 0.15) is 5.75 Å². The normalized spacial score (nSPS) is 12.4. The van der Waals surface area contributed by atoms with E-state index in [1.165, 1.54) is 5.56 Å². The number of allylic oxidation sites excluding steroid dienone is 1. The minimum atomic E-state index is 0.828. The topological polar surface area (TPSA) is 9.23 Å². The Morgan fingerprint density at radius 2 is 1.93 bits per heavy atom. The van der Waals surface area contributed by atoms with Crippen molar-refractivity contribution in [1.29, 1.82) is 0 Å². The predicted molar refractivity (Wildman–Crippen MR) is 68.3 cm³/mol. The summed E-state index contributed by atoms with van der Waals surface area (Å²) in [5, 5.41) is 0. The monoisotopic (exact) mass is 226 g/mol. The van der Waals surface area contributed by atoms with Gasteiger partial charge in [-0.2, -0.15) is 0 Å². The fraction of sp³-hybridized carbons (Fsp3) is 0.273. The lowest BCUT2D eigenvalue weighted by Gasteiger charge is -2.10. The summed E-state index contributed by atoms with van der Waals surface area (Å²) in [5.74, 6) is 0.828. The molecule has 0 spiro atoms. The number of methoxy groups -OCH3 is 1. The van der Waals surface area contributed by atoms with Crippen molar-refractivity contribution in [2.45, 2.75) is 13.8 Å². The van der Waals surface area contributed by atoms with Crippen molar-refractivity contribution in [3.8, 4) is 5.75 Å². The van der Waals surface area contributed by atoms with Crippen LogP contribution in [0, 0.1) is 6.92 Å². The van der Waals surface area contributed by atoms with E-state index in [2.05, 4.69) is 25.3 Å². The second-order valence-corrected chi connectivity index (χ2v) is 4.26. The Morgan fingerprint density at radius 1 is 1.29 bits per heavy atom. The van der Waals surface area contributed by atoms with Crippen LogP contribution in [0.15, 0.2) is 23.1 Å². The van der Waals surface area contributed by atoms with Crippen LogP contribution in [0.5, 0.6) is 5.75 Å². The Balaban J connectivity index is 3.31. The summed E-state index contributed by atoms with van der Waals surface area (Å²) in [6.07, 6.45) is 0. The largest absolute Gasteiger partial charge is 0.496 e. The van der Waals surface area contributed by atoms with Crippen molar-refractivity contribution in [3.05, 3.63) is 34.2 Å². The molecule has 1 nitrogen and oxygen atoms in total. The molecule has 0 heterocycles. The molecule has 0 amide bonds. The van der Waals surface area contributed by atoms with E-state index in [1.54, 1.807) is 7.11 Å². The molecule has 1 aromatic rings. The van der Waals surface area contributed by atoms with Gasteiger partial charge in [-0.05, 0) is 30.9 Å². The van der Waals surface area contributed by atoms with Crippen LogP contribution in [0.25, 0.3) is 4.91 Å². The van der Waals surface area contributed by atoms with Crippen molar-refractivity contribution < 1.29 is 4.74 Å². The van der Waals surface area contributed by atoms with E-state index in [-0.39, 0.29) is 0 Å². The lowest BCUT2D eigenvalue weighted by atomic mass is 10.1. The molecule has 0 aliphatic heterocycles. The first kappa shape index (κ1) is 11.5. The summed E-state index contributed by atoms with van der Waals surface area (Å²) in [6.45, 7) is 3.95. The standard InChI is InChI=1S/C11H14OS2/c1-7-4-5-10(12-3)9(6-7)11(14)8(2)13/h4-6,13-14H,1-3H3/b11-8-. The maximum atomic E-state index is 5.25. The van der Waals surface area contributed by atoms with E-state index < -0.39 is 0 Å². The maximum Gasteiger partial charge on any atom is 0.127 e. The number of ether oxygens (including phenoxy) is 1. The van der Waals surface area contributed by atoms with Gasteiger partial charge < -0.3 is 4.74 Å². The van der Waals surface area contributed by atoms with Crippen molar-refractivity contribution >= 4 is 30.2 Å². The van der Waals surface area contributed by atoms with E-state index in [1.807, 2.05) is 32.0 Å². The molecular formula is C11H14OS2. The summed E-state index contributed by atoms with van der Waals surface area (Å²) < 4.78 is 5.25. The lowest BCUT2D eigenvalue weighted by Crippen LogP contribution is -1.90. The molecule has 76 valence electrons. The average Bonchev–Trinajstić information content (AvgIpc) is 2.16. The molecular weight excluding hydrogens is 212 g/mol. The van der Waals surface area contributed by atoms with Gasteiger partial charge in [-0.1, -0.05) is 11.6 Å². The van der Waals surface area contributed by atoms with Crippen LogP contribution in [0.4, 0.5) is 0 Å². The van der Waals surface area contributed by atoms with Gasteiger partial charge in [0.15, 0.2) is 0 Å². The van der Waals surface area contributed by atoms with Crippen LogP contribution < -0.4 is 4.74 Å². The summed E-state index contributed by atoms with van der Waals surface area (Å²) in [4.78, 5) is 1.74. The number of benzene rings is 1. The van der Waals surface area contributed by atoms with Gasteiger partial charge in [0, 0.05) is 10.5 Å². The Labute approximate surface area is 96.0 Å². The number of hydrogen-bond acceptors (Lipinski definition) is 3. The van der Waals surface area contributed by atoms with Crippen LogP contribution in [-0.2, 0) is 0 Å². The quantitative estimate of drug-likeness (QED) is 0.733. The zero-order valence-electron chi connectivity index (χ0n) is 8.53. The molecule has 0 saturated carbocycles. The number of hydrogen-bond donors (Lipinski definition) is 2. The minimum Gasteiger partial charge on any atom is -0.496 e. The molecule has 0 fully saturated rings. The van der Waals surface area contributed by atoms with Gasteiger partial charge in [0.25, 0.3) is 0 Å². The first-order valence-electron chi connectivity index (χ1n) is 4.30. The highest BCUT2D eigenvalue weighted by molar-refractivity contribution is 7.93. The molecule has 3 heteroatoms. The van der Waals surface area contributed by atoms with E-state index >= 15 is 0 Å². The lowest BCUT2D eigenvalue weighted by molar-refractivity contribution is 0.413. The van der Waals surface area contributed by atoms with Crippen LogP contribution in [0.1, 0.15) is 18.1 Å². The maximum absolute atomic E-state index is 5.25. The fourth-order valence-corrected chi connectivity index (χ4v) is 1.50. The van der Waals surface area contributed by atoms with Crippen molar-refractivity contribution in [2.24, 2.45) is 0 Å². The molecule has 0 bridgehead atoms. The van der Waals surface area contributed by atoms with Gasteiger partial charge in [0.2, 0.25) is 0 Å². The Hall–Kier alpha value is -0.540. The SMILES string of the molecule is COc1ccc(C)cc1/C(S)=C(\C)S. The molecule has 0 aromatic heterocycles. The third kappa shape index (κ3) is 2.49. The molecule has 0 saturated heterocycles. The molecule has 0 unspecified atom stereocenters. The van der Waals surface area contributed by atoms with Crippen molar-refractivity contribution in [1.82, 2.24) is 0 Å². The number of aryl methyl sites for hydroxylation is 1. The van der Waals surface area contributed by atoms with Crippen molar-refractivity contribution in [2.75, 3.05) is 7.11 Å². The van der Waals surface area contributed by atoms with Gasteiger partial charge in [-0.3, -0.25) is 0 Å². The summed E-state index contributed by atoms with van der Waals surface area (Å²) in [5.41, 5.74) is 2.17. The number of thiol groups is 2. The first-order chi connectivity index (χ1) is 6.56. The smallest absolute Gasteiger partial charge is 0.127 e. The highest BCUT2D eigenvalue weighted by Gasteiger charge is 2.06. The zero-order chi connectivity index (χ0) is 10.7. The molecule has 1 rings (SSSR count). The molecule has 0 atom stereocenters.